The minimum Gasteiger partial charge on any atom is -0.472 e. The number of carbonyl (C=O) groups excluding carboxylic acids is 8. The van der Waals surface area contributed by atoms with Crippen LogP contribution in [-0.2, 0) is 58.3 Å². The standard InChI is InChI=1S/C40H55FN8O8S.C40H53FN8O8S/c2*1-39(2,3)57-38(53)43-30-12-8-6-4-5-7-11-25-23-40(25,36(52)47-58(54,55)29-17-18-29)46-34(50)31-21-28(24-49(31)35(30)51)56-33-22-32(48-19-9-10-20-48)44-37(45-33)42-27-15-13-26(41)14-16-27/h13-16,22,25,28-31H,4-12,17-21,23-24H2,1-3H3,(H,43,53)(H,46,50)(H,47,52)(H,42,44,45);7,11,13-16,22,25,28-31H,4-6,8-10,12,17-21,23-24H2,1-3H3,(H,43,53)(H,46,50)(H,47,52)(H,42,44,45)/b;11-7-/t2*25-,28-,30+,31+,40-/m11/s1. The molecular weight excluding hydrogens is 1540 g/mol. The Kier molecular flexibility index (Phi) is 25.6. The van der Waals surface area contributed by atoms with Gasteiger partial charge in [-0.2, -0.15) is 19.9 Å². The fourth-order valence-corrected chi connectivity index (χ4v) is 18.7. The van der Waals surface area contributed by atoms with Crippen LogP contribution in [0, 0.1) is 23.5 Å². The summed E-state index contributed by atoms with van der Waals surface area (Å²) in [5.41, 5.74) is -3.51. The van der Waals surface area contributed by atoms with E-state index in [1.54, 1.807) is 77.9 Å². The highest BCUT2D eigenvalue weighted by Crippen LogP contribution is 2.49. The Hall–Kier alpha value is -9.74. The van der Waals surface area contributed by atoms with Gasteiger partial charge in [-0.05, 0) is 192 Å². The van der Waals surface area contributed by atoms with E-state index >= 15 is 0 Å². The molecule has 0 unspecified atom stereocenters. The van der Waals surface area contributed by atoms with Crippen molar-refractivity contribution in [3.63, 3.8) is 0 Å². The Labute approximate surface area is 675 Å². The van der Waals surface area contributed by atoms with Crippen LogP contribution in [0.2, 0.25) is 0 Å². The maximum absolute atomic E-state index is 14.6. The average Bonchev–Trinajstić information content (AvgIpc) is 1.57. The summed E-state index contributed by atoms with van der Waals surface area (Å²) in [4.78, 5) is 137. The van der Waals surface area contributed by atoms with Crippen LogP contribution in [0.4, 0.5) is 53.3 Å². The van der Waals surface area contributed by atoms with Crippen LogP contribution in [0.3, 0.4) is 0 Å². The number of benzene rings is 2. The fourth-order valence-electron chi connectivity index (χ4n) is 15.9. The van der Waals surface area contributed by atoms with Gasteiger partial charge < -0.3 is 70.4 Å². The number of hydrogen-bond acceptors (Lipinski definition) is 24. The van der Waals surface area contributed by atoms with Gasteiger partial charge in [-0.15, -0.1) is 0 Å². The number of allylic oxidation sites excluding steroid dienone is 1. The second-order valence-corrected chi connectivity index (χ2v) is 38.1. The molecule has 10 atom stereocenters. The number of nitrogens with zero attached hydrogens (tertiary/aromatic N) is 8. The Balaban J connectivity index is 0.000000202. The predicted molar refractivity (Wildman–Crippen MR) is 424 cm³/mol. The molecule has 0 bridgehead atoms. The number of halogens is 2. The molecule has 8 amide bonds. The first-order valence-electron chi connectivity index (χ1n) is 40.9. The normalized spacial score (nSPS) is 27.1. The number of hydrogen-bond donors (Lipinski definition) is 8. The van der Waals surface area contributed by atoms with E-state index in [-0.39, 0.29) is 80.6 Å². The number of alkyl carbamates (subject to hydrolysis) is 2. The van der Waals surface area contributed by atoms with Gasteiger partial charge >= 0.3 is 12.2 Å². The van der Waals surface area contributed by atoms with Gasteiger partial charge in [0.25, 0.3) is 11.8 Å². The fraction of sp³-hybridized carbons (Fsp3) is 0.625. The molecule has 4 aromatic rings. The number of anilines is 6. The first kappa shape index (κ1) is 84.2. The van der Waals surface area contributed by atoms with Crippen LogP contribution >= 0.6 is 0 Å². The zero-order chi connectivity index (χ0) is 82.5. The lowest BCUT2D eigenvalue weighted by molar-refractivity contribution is -0.141. The van der Waals surface area contributed by atoms with E-state index in [1.165, 1.54) is 34.1 Å². The van der Waals surface area contributed by atoms with E-state index in [9.17, 15) is 64.0 Å². The highest BCUT2D eigenvalue weighted by atomic mass is 32.2. The molecule has 630 valence electrons. The molecule has 4 saturated carbocycles. The summed E-state index contributed by atoms with van der Waals surface area (Å²) >= 11 is 0. The van der Waals surface area contributed by atoms with E-state index in [0.717, 1.165) is 90.4 Å². The summed E-state index contributed by atoms with van der Waals surface area (Å²) in [6, 6.07) is 10.6. The lowest BCUT2D eigenvalue weighted by Crippen LogP contribution is -2.58. The van der Waals surface area contributed by atoms with Crippen molar-refractivity contribution in [1.29, 1.82) is 0 Å². The monoisotopic (exact) mass is 1650 g/mol. The van der Waals surface area contributed by atoms with Crippen LogP contribution < -0.4 is 60.6 Å². The lowest BCUT2D eigenvalue weighted by atomic mass is 10.0. The van der Waals surface area contributed by atoms with E-state index < -0.39 is 149 Å². The van der Waals surface area contributed by atoms with E-state index in [0.29, 0.717) is 80.8 Å². The Bertz CT molecular complexity index is 4560. The molecule has 8 heterocycles. The summed E-state index contributed by atoms with van der Waals surface area (Å²) in [7, 11) is -7.81. The van der Waals surface area contributed by atoms with Crippen LogP contribution in [0.25, 0.3) is 0 Å². The van der Waals surface area contributed by atoms with Gasteiger partial charge in [0.2, 0.25) is 67.3 Å². The first-order chi connectivity index (χ1) is 55.2. The molecule has 6 aliphatic heterocycles. The first-order valence-corrected chi connectivity index (χ1v) is 44.0. The number of nitrogens with one attached hydrogen (secondary N) is 8. The molecule has 32 nitrogen and oxygen atoms in total. The third-order valence-corrected chi connectivity index (χ3v) is 26.1. The summed E-state index contributed by atoms with van der Waals surface area (Å²) in [6.07, 6.45) is 15.0. The van der Waals surface area contributed by atoms with Crippen molar-refractivity contribution in [3.8, 4) is 11.8 Å². The highest BCUT2D eigenvalue weighted by molar-refractivity contribution is 7.91. The maximum atomic E-state index is 14.6. The van der Waals surface area contributed by atoms with Crippen molar-refractivity contribution in [2.75, 3.05) is 59.7 Å². The molecule has 116 heavy (non-hydrogen) atoms. The maximum Gasteiger partial charge on any atom is 0.408 e. The number of fused-ring (bicyclic) bond motifs is 4. The van der Waals surface area contributed by atoms with Gasteiger partial charge in [-0.25, -0.2) is 35.2 Å². The second-order valence-electron chi connectivity index (χ2n) is 34.2. The van der Waals surface area contributed by atoms with Crippen molar-refractivity contribution in [2.45, 2.75) is 265 Å². The summed E-state index contributed by atoms with van der Waals surface area (Å²) in [5.74, 6) is -3.36. The van der Waals surface area contributed by atoms with Crippen LogP contribution in [0.1, 0.15) is 196 Å². The molecule has 9 fully saturated rings. The van der Waals surface area contributed by atoms with Crippen molar-refractivity contribution < 1.29 is 82.9 Å². The molecule has 2 aromatic heterocycles. The Morgan fingerprint density at radius 2 is 0.914 bits per heavy atom. The number of rotatable bonds is 18. The zero-order valence-corrected chi connectivity index (χ0v) is 68.2. The molecule has 0 spiro atoms. The summed E-state index contributed by atoms with van der Waals surface area (Å²) in [5, 5.41) is 16.2. The van der Waals surface area contributed by atoms with Gasteiger partial charge in [0.15, 0.2) is 0 Å². The molecule has 8 N–H and O–H groups in total. The number of amides is 8. The largest absolute Gasteiger partial charge is 0.472 e. The molecule has 36 heteroatoms. The van der Waals surface area contributed by atoms with Crippen molar-refractivity contribution in [1.82, 2.24) is 60.4 Å². The number of ether oxygens (including phenoxy) is 4. The minimum atomic E-state index is -3.92. The van der Waals surface area contributed by atoms with Crippen LogP contribution in [0.15, 0.2) is 72.8 Å². The van der Waals surface area contributed by atoms with E-state index in [2.05, 4.69) is 61.1 Å². The highest BCUT2D eigenvalue weighted by Gasteiger charge is 2.64. The van der Waals surface area contributed by atoms with Gasteiger partial charge in [0.05, 0.1) is 23.6 Å². The second kappa shape index (κ2) is 35.2. The summed E-state index contributed by atoms with van der Waals surface area (Å²) < 4.78 is 107. The van der Waals surface area contributed by atoms with Gasteiger partial charge in [-0.3, -0.25) is 38.2 Å². The predicted octanol–water partition coefficient (Wildman–Crippen LogP) is 8.63. The number of aromatic nitrogens is 4. The lowest BCUT2D eigenvalue weighted by Gasteiger charge is -2.30. The quantitative estimate of drug-likeness (QED) is 0.0432. The SMILES string of the molecule is CC(C)(C)OC(=O)N[C@H]1CCCCC/C=C\[C@@H]2C[C@@]2(C(=O)NS(=O)(=O)C2CC2)NC(=O)[C@@H]2C[C@@H](Oc3cc(N4CCCC4)nc(Nc4ccc(F)cc4)n3)CN2C1=O.CC(C)(C)OC(=O)N[C@H]1CCCCCCC[C@@H]2C[C@@]2(C(=O)NS(=O)(=O)C2CC2)NC(=O)[C@@H]2C[C@@H](Oc3cc(N4CCCC4)nc(Nc4ccc(F)cc4)n3)CN2C1=O. The van der Waals surface area contributed by atoms with Gasteiger partial charge in [0.1, 0.15) is 81.9 Å². The van der Waals surface area contributed by atoms with E-state index in [4.69, 9.17) is 28.9 Å². The zero-order valence-electron chi connectivity index (χ0n) is 66.6. The Morgan fingerprint density at radius 1 is 0.509 bits per heavy atom. The third-order valence-electron chi connectivity index (χ3n) is 22.5. The topological polar surface area (TPSA) is 403 Å². The van der Waals surface area contributed by atoms with Crippen molar-refractivity contribution in [3.05, 3.63) is 84.5 Å². The van der Waals surface area contributed by atoms with Crippen molar-refractivity contribution >= 4 is 103 Å². The minimum absolute atomic E-state index is 0.000910. The number of sulfonamides is 2. The van der Waals surface area contributed by atoms with Crippen molar-refractivity contribution in [2.24, 2.45) is 11.8 Å². The van der Waals surface area contributed by atoms with E-state index in [1.807, 2.05) is 12.2 Å². The molecule has 2 aromatic carbocycles. The van der Waals surface area contributed by atoms with Gasteiger partial charge in [-0.1, -0.05) is 57.1 Å². The van der Waals surface area contributed by atoms with Gasteiger partial charge in [0, 0.05) is 68.4 Å². The molecule has 0 radical (unpaired) electrons. The number of carbonyl (C=O) groups is 8. The third kappa shape index (κ3) is 21.7. The molecule has 4 aliphatic carbocycles. The summed E-state index contributed by atoms with van der Waals surface area (Å²) in [6.45, 7) is 13.3. The molecule has 5 saturated heterocycles. The smallest absolute Gasteiger partial charge is 0.408 e. The molecule has 10 aliphatic rings. The molecule has 14 rings (SSSR count). The molecular formula is C80H108F2N16O16S2. The van der Waals surface area contributed by atoms with Crippen LogP contribution in [0.5, 0.6) is 11.8 Å². The average molecular weight is 1650 g/mol. The van der Waals surface area contributed by atoms with Crippen LogP contribution in [-0.4, -0.2) is 203 Å². The Morgan fingerprint density at radius 3 is 1.34 bits per heavy atom.